The van der Waals surface area contributed by atoms with Crippen LogP contribution in [0.5, 0.6) is 11.6 Å². The van der Waals surface area contributed by atoms with Crippen LogP contribution in [0.2, 0.25) is 5.02 Å². The molecule has 1 aliphatic heterocycles. The third-order valence-electron chi connectivity index (χ3n) is 4.72. The van der Waals surface area contributed by atoms with E-state index in [1.54, 1.807) is 23.2 Å². The van der Waals surface area contributed by atoms with Gasteiger partial charge in [0, 0.05) is 25.4 Å². The molecule has 29 heavy (non-hydrogen) atoms. The largest absolute Gasteiger partial charge is 0.439 e. The second-order valence-corrected chi connectivity index (χ2v) is 7.16. The summed E-state index contributed by atoms with van der Waals surface area (Å²) in [4.78, 5) is 18.4. The van der Waals surface area contributed by atoms with Crippen molar-refractivity contribution in [3.8, 4) is 11.6 Å². The van der Waals surface area contributed by atoms with Crippen LogP contribution < -0.4 is 10.1 Å². The summed E-state index contributed by atoms with van der Waals surface area (Å²) in [5, 5.41) is 7.71. The number of nitrogens with one attached hydrogen (secondary N) is 1. The van der Waals surface area contributed by atoms with Crippen molar-refractivity contribution in [2.75, 3.05) is 18.4 Å². The van der Waals surface area contributed by atoms with Crippen LogP contribution >= 0.6 is 11.6 Å². The second kappa shape index (κ2) is 8.48. The number of carbonyl (C=O) groups is 1. The van der Waals surface area contributed by atoms with E-state index in [1.165, 1.54) is 30.5 Å². The highest BCUT2D eigenvalue weighted by molar-refractivity contribution is 6.30. The van der Waals surface area contributed by atoms with Crippen molar-refractivity contribution in [3.63, 3.8) is 0 Å². The Balaban J connectivity index is 1.29. The highest BCUT2D eigenvalue weighted by Gasteiger charge is 2.24. The van der Waals surface area contributed by atoms with Crippen LogP contribution in [0.1, 0.15) is 18.9 Å². The average Bonchev–Trinajstić information content (AvgIpc) is 3.17. The number of carbonyl (C=O) groups excluding carboxylic acids is 1. The molecule has 2 aromatic heterocycles. The average molecular weight is 416 g/mol. The quantitative estimate of drug-likeness (QED) is 0.668. The Labute approximate surface area is 172 Å². The Morgan fingerprint density at radius 3 is 2.52 bits per heavy atom. The van der Waals surface area contributed by atoms with Crippen molar-refractivity contribution in [1.29, 1.82) is 0 Å². The van der Waals surface area contributed by atoms with Gasteiger partial charge in [-0.2, -0.15) is 5.10 Å². The van der Waals surface area contributed by atoms with Crippen molar-refractivity contribution in [2.45, 2.75) is 18.9 Å². The summed E-state index contributed by atoms with van der Waals surface area (Å²) in [6.45, 7) is 1.26. The molecular formula is C20H19ClFN5O2. The molecule has 4 rings (SSSR count). The van der Waals surface area contributed by atoms with Gasteiger partial charge in [-0.05, 0) is 43.2 Å². The molecule has 0 spiro atoms. The van der Waals surface area contributed by atoms with E-state index in [1.807, 2.05) is 10.9 Å². The van der Waals surface area contributed by atoms with Crippen LogP contribution in [-0.2, 0) is 0 Å². The summed E-state index contributed by atoms with van der Waals surface area (Å²) >= 11 is 5.92. The lowest BCUT2D eigenvalue weighted by atomic mass is 10.1. The molecule has 0 saturated carbocycles. The number of pyridine rings is 1. The fourth-order valence-corrected chi connectivity index (χ4v) is 3.33. The highest BCUT2D eigenvalue weighted by Crippen LogP contribution is 2.24. The number of amides is 2. The summed E-state index contributed by atoms with van der Waals surface area (Å²) in [6.07, 6.45) is 6.58. The number of halogens is 2. The predicted octanol–water partition coefficient (Wildman–Crippen LogP) is 4.73. The minimum absolute atomic E-state index is 0.170. The van der Waals surface area contributed by atoms with Gasteiger partial charge in [0.15, 0.2) is 0 Å². The summed E-state index contributed by atoms with van der Waals surface area (Å²) in [6, 6.07) is 9.10. The number of ether oxygens (including phenoxy) is 1. The number of hydrogen-bond acceptors (Lipinski definition) is 4. The molecule has 0 radical (unpaired) electrons. The van der Waals surface area contributed by atoms with Crippen molar-refractivity contribution in [1.82, 2.24) is 19.7 Å². The second-order valence-electron chi connectivity index (χ2n) is 6.73. The molecular weight excluding hydrogens is 397 g/mol. The fourth-order valence-electron chi connectivity index (χ4n) is 3.19. The van der Waals surface area contributed by atoms with Gasteiger partial charge in [0.25, 0.3) is 0 Å². The van der Waals surface area contributed by atoms with E-state index in [0.717, 1.165) is 12.8 Å². The first-order chi connectivity index (χ1) is 14.1. The van der Waals surface area contributed by atoms with Crippen molar-refractivity contribution >= 4 is 23.3 Å². The minimum atomic E-state index is -0.333. The topological polar surface area (TPSA) is 72.3 Å². The van der Waals surface area contributed by atoms with Crippen molar-refractivity contribution in [3.05, 3.63) is 65.8 Å². The molecule has 0 aliphatic carbocycles. The highest BCUT2D eigenvalue weighted by atomic mass is 35.5. The Bertz CT molecular complexity index is 969. The number of urea groups is 1. The van der Waals surface area contributed by atoms with E-state index in [-0.39, 0.29) is 17.9 Å². The number of rotatable bonds is 4. The number of hydrogen-bond donors (Lipinski definition) is 1. The number of nitrogens with zero attached hydrogens (tertiary/aromatic N) is 4. The first kappa shape index (κ1) is 19.2. The lowest BCUT2D eigenvalue weighted by Crippen LogP contribution is -2.41. The number of benzene rings is 1. The van der Waals surface area contributed by atoms with E-state index in [0.29, 0.717) is 35.4 Å². The monoisotopic (exact) mass is 415 g/mol. The van der Waals surface area contributed by atoms with Gasteiger partial charge >= 0.3 is 6.03 Å². The third-order valence-corrected chi connectivity index (χ3v) is 4.91. The zero-order chi connectivity index (χ0) is 20.2. The van der Waals surface area contributed by atoms with E-state index in [9.17, 15) is 9.18 Å². The van der Waals surface area contributed by atoms with Crippen LogP contribution in [0, 0.1) is 5.82 Å². The first-order valence-corrected chi connectivity index (χ1v) is 9.60. The summed E-state index contributed by atoms with van der Waals surface area (Å²) in [7, 11) is 0. The predicted molar refractivity (Wildman–Crippen MR) is 107 cm³/mol. The van der Waals surface area contributed by atoms with Crippen LogP contribution in [0.4, 0.5) is 14.9 Å². The van der Waals surface area contributed by atoms with Crippen LogP contribution in [0.15, 0.2) is 55.0 Å². The third kappa shape index (κ3) is 4.83. The molecule has 7 nitrogen and oxygen atoms in total. The minimum Gasteiger partial charge on any atom is -0.439 e. The maximum Gasteiger partial charge on any atom is 0.321 e. The SMILES string of the molecule is O=C(Nc1ccc(Oc2ccc(F)cc2)nc1)N1CCC(n2cc(Cl)cn2)CC1. The van der Waals surface area contributed by atoms with E-state index < -0.39 is 0 Å². The molecule has 0 atom stereocenters. The molecule has 1 fully saturated rings. The zero-order valence-electron chi connectivity index (χ0n) is 15.5. The number of piperidine rings is 1. The molecule has 3 heterocycles. The fraction of sp³-hybridized carbons (Fsp3) is 0.250. The smallest absolute Gasteiger partial charge is 0.321 e. The summed E-state index contributed by atoms with van der Waals surface area (Å²) < 4.78 is 20.3. The van der Waals surface area contributed by atoms with E-state index in [4.69, 9.17) is 16.3 Å². The number of aromatic nitrogens is 3. The standard InChI is InChI=1S/C20H19ClFN5O2/c21-14-11-24-27(13-14)17-7-9-26(10-8-17)20(28)25-16-3-6-19(23-12-16)29-18-4-1-15(22)2-5-18/h1-6,11-13,17H,7-10H2,(H,25,28). The first-order valence-electron chi connectivity index (χ1n) is 9.22. The van der Waals surface area contributed by atoms with Crippen molar-refractivity contribution in [2.24, 2.45) is 0 Å². The summed E-state index contributed by atoms with van der Waals surface area (Å²) in [5.41, 5.74) is 0.572. The molecule has 1 N–H and O–H groups in total. The van der Waals surface area contributed by atoms with Gasteiger partial charge in [-0.25, -0.2) is 14.2 Å². The molecule has 150 valence electrons. The Morgan fingerprint density at radius 1 is 1.14 bits per heavy atom. The van der Waals surface area contributed by atoms with Crippen LogP contribution in [0.3, 0.4) is 0 Å². The van der Waals surface area contributed by atoms with Crippen LogP contribution in [0.25, 0.3) is 0 Å². The molecule has 1 saturated heterocycles. The number of likely N-dealkylation sites (tertiary alicyclic amines) is 1. The van der Waals surface area contributed by atoms with Gasteiger partial charge in [-0.3, -0.25) is 4.68 Å². The molecule has 1 aliphatic rings. The molecule has 0 unspecified atom stereocenters. The van der Waals surface area contributed by atoms with Crippen molar-refractivity contribution < 1.29 is 13.9 Å². The molecule has 2 amide bonds. The molecule has 0 bridgehead atoms. The lowest BCUT2D eigenvalue weighted by Gasteiger charge is -2.32. The van der Waals surface area contributed by atoms with Crippen LogP contribution in [-0.4, -0.2) is 38.8 Å². The Morgan fingerprint density at radius 2 is 1.90 bits per heavy atom. The van der Waals surface area contributed by atoms with Gasteiger partial charge in [0.1, 0.15) is 11.6 Å². The normalized spacial score (nSPS) is 14.6. The maximum atomic E-state index is 12.9. The molecule has 9 heteroatoms. The van der Waals surface area contributed by atoms with Gasteiger partial charge in [-0.15, -0.1) is 0 Å². The molecule has 3 aromatic rings. The van der Waals surface area contributed by atoms with Gasteiger partial charge in [-0.1, -0.05) is 11.6 Å². The maximum absolute atomic E-state index is 12.9. The van der Waals surface area contributed by atoms with Gasteiger partial charge in [0.05, 0.1) is 29.1 Å². The Kier molecular flexibility index (Phi) is 5.62. The van der Waals surface area contributed by atoms with Gasteiger partial charge in [0.2, 0.25) is 5.88 Å². The van der Waals surface area contributed by atoms with E-state index >= 15 is 0 Å². The Hall–Kier alpha value is -3.13. The zero-order valence-corrected chi connectivity index (χ0v) is 16.2. The number of anilines is 1. The molecule has 1 aromatic carbocycles. The van der Waals surface area contributed by atoms with Gasteiger partial charge < -0.3 is 15.0 Å². The lowest BCUT2D eigenvalue weighted by molar-refractivity contribution is 0.180. The van der Waals surface area contributed by atoms with E-state index in [2.05, 4.69) is 15.4 Å². The summed E-state index contributed by atoms with van der Waals surface area (Å²) in [5.74, 6) is 0.506.